The molecule has 5 rings (SSSR count). The summed E-state index contributed by atoms with van der Waals surface area (Å²) in [7, 11) is 0. The summed E-state index contributed by atoms with van der Waals surface area (Å²) in [6.07, 6.45) is 4.04. The Morgan fingerprint density at radius 2 is 2.06 bits per heavy atom. The molecular weight excluding hydrogens is 486 g/mol. The van der Waals surface area contributed by atoms with Crippen LogP contribution in [0.1, 0.15) is 78.2 Å². The number of halogens is 3. The first kappa shape index (κ1) is 25.3. The van der Waals surface area contributed by atoms with Gasteiger partial charge in [-0.05, 0) is 50.2 Å². The van der Waals surface area contributed by atoms with Gasteiger partial charge in [-0.2, -0.15) is 5.10 Å². The van der Waals surface area contributed by atoms with E-state index in [1.807, 2.05) is 0 Å². The third-order valence-electron chi connectivity index (χ3n) is 6.67. The minimum absolute atomic E-state index is 0. The highest BCUT2D eigenvalue weighted by Crippen LogP contribution is 2.41. The minimum atomic E-state index is -2.70. The van der Waals surface area contributed by atoms with Gasteiger partial charge in [0.15, 0.2) is 5.69 Å². The zero-order valence-electron chi connectivity index (χ0n) is 19.0. The van der Waals surface area contributed by atoms with Crippen LogP contribution in [0.3, 0.4) is 0 Å². The van der Waals surface area contributed by atoms with Crippen molar-refractivity contribution in [1.29, 1.82) is 0 Å². The number of fused-ring (bicyclic) bond motifs is 1. The summed E-state index contributed by atoms with van der Waals surface area (Å²) in [6.45, 7) is 2.27. The molecule has 1 amide bonds. The number of aromatic nitrogens is 6. The molecule has 0 bridgehead atoms. The molecule has 35 heavy (non-hydrogen) atoms. The summed E-state index contributed by atoms with van der Waals surface area (Å²) >= 11 is 0. The van der Waals surface area contributed by atoms with E-state index in [2.05, 4.69) is 40.6 Å². The number of carbonyl (C=O) groups excluding carboxylic acids is 1. The Labute approximate surface area is 205 Å². The minimum Gasteiger partial charge on any atom is -0.393 e. The maximum Gasteiger partial charge on any atom is 0.276 e. The summed E-state index contributed by atoms with van der Waals surface area (Å²) in [6, 6.07) is -0.776. The van der Waals surface area contributed by atoms with Crippen molar-refractivity contribution in [3.63, 3.8) is 0 Å². The lowest BCUT2D eigenvalue weighted by molar-refractivity contribution is -0.0495. The normalized spacial score (nSPS) is 23.5. The monoisotopic (exact) mass is 512 g/mol. The number of aliphatic hydroxyl groups is 1. The Bertz CT molecular complexity index is 1180. The Kier molecular flexibility index (Phi) is 7.29. The molecule has 3 N–H and O–H groups in total. The molecule has 2 fully saturated rings. The predicted molar refractivity (Wildman–Crippen MR) is 120 cm³/mol. The summed E-state index contributed by atoms with van der Waals surface area (Å²) in [5.74, 6) is -3.14. The fraction of sp³-hybridized carbons (Fsp3) is 0.619. The fourth-order valence-corrected chi connectivity index (χ4v) is 4.72. The van der Waals surface area contributed by atoms with E-state index in [-0.39, 0.29) is 55.7 Å². The van der Waals surface area contributed by atoms with Crippen LogP contribution < -0.4 is 10.6 Å². The van der Waals surface area contributed by atoms with Gasteiger partial charge < -0.3 is 15.7 Å². The Morgan fingerprint density at radius 1 is 1.29 bits per heavy atom. The third kappa shape index (κ3) is 5.41. The number of hydrogen-bond donors (Lipinski definition) is 3. The molecule has 1 aliphatic heterocycles. The number of aryl methyl sites for hydroxylation is 1. The van der Waals surface area contributed by atoms with Crippen LogP contribution in [-0.2, 0) is 0 Å². The number of hydrogen-bond acceptors (Lipinski definition) is 9. The van der Waals surface area contributed by atoms with Crippen molar-refractivity contribution in [1.82, 2.24) is 40.5 Å². The largest absolute Gasteiger partial charge is 0.393 e. The standard InChI is InChI=1S/C21H26F2N8O3.ClH/c1-11-17(30-34-29-11)19(33)28-18(12-2-5-21(22,23)6-3-12)16-10-31-20(27-16)26-15(9-25-31)14-8-13(32)4-7-24-14;/h9-10,12-14,18,24,32H,2-8H2,1H3,(H,28,33);1H/t13?,14?,18-;/m0./s1. The topological polar surface area (TPSA) is 143 Å². The summed E-state index contributed by atoms with van der Waals surface area (Å²) in [5, 5.41) is 27.9. The molecular formula is C21H27ClF2N8O3. The summed E-state index contributed by atoms with van der Waals surface area (Å²) < 4.78 is 33.8. The lowest BCUT2D eigenvalue weighted by Gasteiger charge is -2.33. The Balaban J connectivity index is 0.00000289. The number of carbonyl (C=O) groups is 1. The van der Waals surface area contributed by atoms with E-state index in [0.717, 1.165) is 0 Å². The molecule has 3 aromatic heterocycles. The highest BCUT2D eigenvalue weighted by molar-refractivity contribution is 5.93. The second-order valence-electron chi connectivity index (χ2n) is 9.12. The second-order valence-corrected chi connectivity index (χ2v) is 9.12. The van der Waals surface area contributed by atoms with E-state index in [1.54, 1.807) is 19.3 Å². The Hall–Kier alpha value is -2.77. The first-order chi connectivity index (χ1) is 16.3. The van der Waals surface area contributed by atoms with Crippen LogP contribution in [0.5, 0.6) is 0 Å². The van der Waals surface area contributed by atoms with Crippen LogP contribution in [0.4, 0.5) is 8.78 Å². The first-order valence-corrected chi connectivity index (χ1v) is 11.4. The van der Waals surface area contributed by atoms with Gasteiger partial charge in [-0.15, -0.1) is 12.4 Å². The van der Waals surface area contributed by atoms with Crippen molar-refractivity contribution in [3.8, 4) is 0 Å². The van der Waals surface area contributed by atoms with Crippen molar-refractivity contribution in [2.45, 2.75) is 69.6 Å². The van der Waals surface area contributed by atoms with Crippen LogP contribution in [0.15, 0.2) is 17.0 Å². The fourth-order valence-electron chi connectivity index (χ4n) is 4.72. The predicted octanol–water partition coefficient (Wildman–Crippen LogP) is 2.32. The molecule has 190 valence electrons. The van der Waals surface area contributed by atoms with Gasteiger partial charge in [0.1, 0.15) is 5.69 Å². The summed E-state index contributed by atoms with van der Waals surface area (Å²) in [4.78, 5) is 22.1. The number of amides is 1. The molecule has 3 aromatic rings. The van der Waals surface area contributed by atoms with Gasteiger partial charge in [-0.25, -0.2) is 27.9 Å². The van der Waals surface area contributed by atoms with Crippen molar-refractivity contribution in [2.24, 2.45) is 5.92 Å². The average molecular weight is 513 g/mol. The maximum atomic E-state index is 13.8. The zero-order valence-corrected chi connectivity index (χ0v) is 19.8. The smallest absolute Gasteiger partial charge is 0.276 e. The summed E-state index contributed by atoms with van der Waals surface area (Å²) in [5.41, 5.74) is 1.50. The third-order valence-corrected chi connectivity index (χ3v) is 6.67. The van der Waals surface area contributed by atoms with Crippen molar-refractivity contribution in [3.05, 3.63) is 35.2 Å². The molecule has 1 saturated heterocycles. The van der Waals surface area contributed by atoms with Gasteiger partial charge in [0, 0.05) is 12.8 Å². The van der Waals surface area contributed by atoms with E-state index in [1.165, 1.54) is 4.52 Å². The van der Waals surface area contributed by atoms with Gasteiger partial charge in [0.2, 0.25) is 5.92 Å². The number of nitrogens with one attached hydrogen (secondary N) is 2. The van der Waals surface area contributed by atoms with Gasteiger partial charge in [-0.1, -0.05) is 5.16 Å². The first-order valence-electron chi connectivity index (χ1n) is 11.4. The molecule has 14 heteroatoms. The number of aliphatic hydroxyl groups excluding tert-OH is 1. The quantitative estimate of drug-likeness (QED) is 0.469. The number of nitrogens with zero attached hydrogens (tertiary/aromatic N) is 6. The molecule has 1 saturated carbocycles. The van der Waals surface area contributed by atoms with Gasteiger partial charge in [0.05, 0.1) is 42.0 Å². The molecule has 0 radical (unpaired) electrons. The van der Waals surface area contributed by atoms with E-state index in [0.29, 0.717) is 42.2 Å². The molecule has 2 unspecified atom stereocenters. The van der Waals surface area contributed by atoms with Crippen LogP contribution in [-0.4, -0.2) is 59.5 Å². The van der Waals surface area contributed by atoms with Crippen molar-refractivity contribution >= 4 is 24.1 Å². The lowest BCUT2D eigenvalue weighted by atomic mass is 9.81. The molecule has 4 heterocycles. The van der Waals surface area contributed by atoms with Crippen molar-refractivity contribution < 1.29 is 23.3 Å². The maximum absolute atomic E-state index is 13.8. The highest BCUT2D eigenvalue weighted by atomic mass is 35.5. The number of alkyl halides is 2. The zero-order chi connectivity index (χ0) is 23.9. The second kappa shape index (κ2) is 10.1. The molecule has 0 aromatic carbocycles. The van der Waals surface area contributed by atoms with Gasteiger partial charge in [0.25, 0.3) is 11.7 Å². The highest BCUT2D eigenvalue weighted by Gasteiger charge is 2.39. The Morgan fingerprint density at radius 3 is 2.74 bits per heavy atom. The number of imidazole rings is 1. The molecule has 11 nitrogen and oxygen atoms in total. The number of piperidine rings is 1. The lowest BCUT2D eigenvalue weighted by Crippen LogP contribution is -2.37. The average Bonchev–Trinajstić information content (AvgIpc) is 3.43. The molecule has 3 atom stereocenters. The van der Waals surface area contributed by atoms with E-state index >= 15 is 0 Å². The van der Waals surface area contributed by atoms with Crippen LogP contribution in [0.2, 0.25) is 0 Å². The van der Waals surface area contributed by atoms with E-state index in [9.17, 15) is 18.7 Å². The van der Waals surface area contributed by atoms with Gasteiger partial charge >= 0.3 is 0 Å². The van der Waals surface area contributed by atoms with Crippen LogP contribution in [0.25, 0.3) is 5.78 Å². The molecule has 2 aliphatic rings. The van der Waals surface area contributed by atoms with Crippen LogP contribution >= 0.6 is 12.4 Å². The SMILES string of the molecule is Cc1nonc1C(=O)N[C@H](c1cn2ncc(C3CC(O)CCN3)nc2n1)C1CCC(F)(F)CC1.Cl. The van der Waals surface area contributed by atoms with Gasteiger partial charge in [-0.3, -0.25) is 4.79 Å². The number of rotatable bonds is 5. The van der Waals surface area contributed by atoms with Crippen LogP contribution in [0, 0.1) is 12.8 Å². The van der Waals surface area contributed by atoms with E-state index in [4.69, 9.17) is 0 Å². The van der Waals surface area contributed by atoms with E-state index < -0.39 is 24.0 Å². The van der Waals surface area contributed by atoms with Crippen molar-refractivity contribution in [2.75, 3.05) is 6.54 Å². The molecule has 1 aliphatic carbocycles. The molecule has 0 spiro atoms.